The lowest BCUT2D eigenvalue weighted by Crippen LogP contribution is -2.31. The number of hydrogen-bond donors (Lipinski definition) is 2. The Morgan fingerprint density at radius 2 is 2.00 bits per heavy atom. The fraction of sp³-hybridized carbons (Fsp3) is 0.538. The SMILES string of the molecule is COCCNC(CN)c1ccc(OC)cc1OC. The number of rotatable bonds is 8. The molecule has 1 rings (SSSR count). The molecule has 0 aliphatic carbocycles. The van der Waals surface area contributed by atoms with Gasteiger partial charge < -0.3 is 25.3 Å². The average molecular weight is 254 g/mol. The van der Waals surface area contributed by atoms with E-state index in [1.165, 1.54) is 0 Å². The number of hydrogen-bond acceptors (Lipinski definition) is 5. The highest BCUT2D eigenvalue weighted by molar-refractivity contribution is 5.42. The molecular formula is C13H22N2O3. The molecule has 0 saturated carbocycles. The summed E-state index contributed by atoms with van der Waals surface area (Å²) in [5.74, 6) is 1.54. The molecule has 1 unspecified atom stereocenters. The summed E-state index contributed by atoms with van der Waals surface area (Å²) >= 11 is 0. The van der Waals surface area contributed by atoms with E-state index in [2.05, 4.69) is 5.32 Å². The van der Waals surface area contributed by atoms with E-state index < -0.39 is 0 Å². The van der Waals surface area contributed by atoms with Crippen LogP contribution in [0.2, 0.25) is 0 Å². The van der Waals surface area contributed by atoms with Crippen LogP contribution in [0.1, 0.15) is 11.6 Å². The Balaban J connectivity index is 2.83. The van der Waals surface area contributed by atoms with Gasteiger partial charge in [0.05, 0.1) is 20.8 Å². The summed E-state index contributed by atoms with van der Waals surface area (Å²) in [4.78, 5) is 0. The van der Waals surface area contributed by atoms with Crippen molar-refractivity contribution in [2.45, 2.75) is 6.04 Å². The van der Waals surface area contributed by atoms with Gasteiger partial charge in [0.2, 0.25) is 0 Å². The van der Waals surface area contributed by atoms with Crippen molar-refractivity contribution < 1.29 is 14.2 Å². The normalized spacial score (nSPS) is 12.2. The summed E-state index contributed by atoms with van der Waals surface area (Å²) < 4.78 is 15.6. The third kappa shape index (κ3) is 3.87. The molecule has 1 atom stereocenters. The van der Waals surface area contributed by atoms with Crippen molar-refractivity contribution in [2.24, 2.45) is 5.73 Å². The second kappa shape index (κ2) is 7.92. The van der Waals surface area contributed by atoms with Gasteiger partial charge in [-0.15, -0.1) is 0 Å². The molecule has 3 N–H and O–H groups in total. The Hall–Kier alpha value is -1.30. The molecular weight excluding hydrogens is 232 g/mol. The summed E-state index contributed by atoms with van der Waals surface area (Å²) in [6, 6.07) is 5.77. The smallest absolute Gasteiger partial charge is 0.127 e. The van der Waals surface area contributed by atoms with Crippen LogP contribution < -0.4 is 20.5 Å². The van der Waals surface area contributed by atoms with Crippen LogP contribution in [0.15, 0.2) is 18.2 Å². The molecule has 0 heterocycles. The van der Waals surface area contributed by atoms with Gasteiger partial charge in [-0.25, -0.2) is 0 Å². The lowest BCUT2D eigenvalue weighted by atomic mass is 10.1. The van der Waals surface area contributed by atoms with Crippen LogP contribution >= 0.6 is 0 Å². The molecule has 1 aromatic rings. The van der Waals surface area contributed by atoms with Crippen LogP contribution in [0.25, 0.3) is 0 Å². The molecule has 0 spiro atoms. The van der Waals surface area contributed by atoms with Gasteiger partial charge in [0, 0.05) is 37.9 Å². The quantitative estimate of drug-likeness (QED) is 0.676. The molecule has 102 valence electrons. The topological polar surface area (TPSA) is 65.7 Å². The van der Waals surface area contributed by atoms with Crippen LogP contribution in [-0.2, 0) is 4.74 Å². The van der Waals surface area contributed by atoms with Gasteiger partial charge >= 0.3 is 0 Å². The largest absolute Gasteiger partial charge is 0.497 e. The maximum atomic E-state index is 5.79. The first-order valence-electron chi connectivity index (χ1n) is 5.91. The second-order valence-electron chi connectivity index (χ2n) is 3.84. The standard InChI is InChI=1S/C13H22N2O3/c1-16-7-6-15-12(9-14)11-5-4-10(17-2)8-13(11)18-3/h4-5,8,12,15H,6-7,9,14H2,1-3H3. The van der Waals surface area contributed by atoms with Crippen LogP contribution in [0.5, 0.6) is 11.5 Å². The third-order valence-electron chi connectivity index (χ3n) is 2.75. The summed E-state index contributed by atoms with van der Waals surface area (Å²) in [5.41, 5.74) is 6.82. The third-order valence-corrected chi connectivity index (χ3v) is 2.75. The monoisotopic (exact) mass is 254 g/mol. The molecule has 0 aliphatic heterocycles. The molecule has 0 bridgehead atoms. The van der Waals surface area contributed by atoms with Gasteiger partial charge in [0.25, 0.3) is 0 Å². The highest BCUT2D eigenvalue weighted by Gasteiger charge is 2.14. The fourth-order valence-electron chi connectivity index (χ4n) is 1.76. The molecule has 0 aromatic heterocycles. The first-order valence-corrected chi connectivity index (χ1v) is 5.91. The molecule has 0 fully saturated rings. The minimum Gasteiger partial charge on any atom is -0.497 e. The second-order valence-corrected chi connectivity index (χ2v) is 3.84. The van der Waals surface area contributed by atoms with Crippen molar-refractivity contribution in [2.75, 3.05) is 41.0 Å². The first-order chi connectivity index (χ1) is 8.76. The number of nitrogens with two attached hydrogens (primary N) is 1. The van der Waals surface area contributed by atoms with E-state index in [-0.39, 0.29) is 6.04 Å². The van der Waals surface area contributed by atoms with E-state index in [1.54, 1.807) is 21.3 Å². The number of methoxy groups -OCH3 is 3. The molecule has 0 amide bonds. The van der Waals surface area contributed by atoms with Gasteiger partial charge in [-0.05, 0) is 6.07 Å². The van der Waals surface area contributed by atoms with Gasteiger partial charge in [-0.1, -0.05) is 6.07 Å². The lowest BCUT2D eigenvalue weighted by Gasteiger charge is -2.20. The summed E-state index contributed by atoms with van der Waals surface area (Å²) in [6.07, 6.45) is 0. The Labute approximate surface area is 108 Å². The zero-order chi connectivity index (χ0) is 13.4. The molecule has 1 aromatic carbocycles. The lowest BCUT2D eigenvalue weighted by molar-refractivity contribution is 0.195. The predicted octanol–water partition coefficient (Wildman–Crippen LogP) is 0.940. The number of benzene rings is 1. The van der Waals surface area contributed by atoms with Crippen molar-refractivity contribution in [3.05, 3.63) is 23.8 Å². The van der Waals surface area contributed by atoms with E-state index in [9.17, 15) is 0 Å². The summed E-state index contributed by atoms with van der Waals surface area (Å²) in [7, 11) is 4.94. The maximum absolute atomic E-state index is 5.79. The Kier molecular flexibility index (Phi) is 6.49. The van der Waals surface area contributed by atoms with Gasteiger partial charge in [0.1, 0.15) is 11.5 Å². The molecule has 18 heavy (non-hydrogen) atoms. The maximum Gasteiger partial charge on any atom is 0.127 e. The van der Waals surface area contributed by atoms with Crippen LogP contribution in [-0.4, -0.2) is 41.0 Å². The molecule has 0 saturated heterocycles. The Morgan fingerprint density at radius 3 is 2.56 bits per heavy atom. The van der Waals surface area contributed by atoms with Gasteiger partial charge in [-0.3, -0.25) is 0 Å². The van der Waals surface area contributed by atoms with E-state index in [0.717, 1.165) is 23.6 Å². The van der Waals surface area contributed by atoms with Crippen LogP contribution in [0.4, 0.5) is 0 Å². The molecule has 0 aliphatic rings. The van der Waals surface area contributed by atoms with Gasteiger partial charge in [0.15, 0.2) is 0 Å². The van der Waals surface area contributed by atoms with Crippen molar-refractivity contribution in [1.29, 1.82) is 0 Å². The minimum atomic E-state index is 0.0426. The van der Waals surface area contributed by atoms with Crippen molar-refractivity contribution in [3.63, 3.8) is 0 Å². The van der Waals surface area contributed by atoms with E-state index in [0.29, 0.717) is 13.2 Å². The van der Waals surface area contributed by atoms with Crippen molar-refractivity contribution in [3.8, 4) is 11.5 Å². The fourth-order valence-corrected chi connectivity index (χ4v) is 1.76. The first kappa shape index (κ1) is 14.8. The predicted molar refractivity (Wildman–Crippen MR) is 71.2 cm³/mol. The minimum absolute atomic E-state index is 0.0426. The molecule has 5 nitrogen and oxygen atoms in total. The average Bonchev–Trinajstić information content (AvgIpc) is 2.43. The van der Waals surface area contributed by atoms with E-state index in [4.69, 9.17) is 19.9 Å². The van der Waals surface area contributed by atoms with Crippen molar-refractivity contribution in [1.82, 2.24) is 5.32 Å². The zero-order valence-corrected chi connectivity index (χ0v) is 11.2. The van der Waals surface area contributed by atoms with E-state index >= 15 is 0 Å². The van der Waals surface area contributed by atoms with Crippen LogP contribution in [0, 0.1) is 0 Å². The summed E-state index contributed by atoms with van der Waals surface area (Å²) in [5, 5.41) is 3.33. The Bertz CT molecular complexity index is 358. The highest BCUT2D eigenvalue weighted by Crippen LogP contribution is 2.28. The highest BCUT2D eigenvalue weighted by atomic mass is 16.5. The van der Waals surface area contributed by atoms with Gasteiger partial charge in [-0.2, -0.15) is 0 Å². The molecule has 5 heteroatoms. The van der Waals surface area contributed by atoms with Crippen molar-refractivity contribution >= 4 is 0 Å². The van der Waals surface area contributed by atoms with E-state index in [1.807, 2.05) is 18.2 Å². The Morgan fingerprint density at radius 1 is 1.22 bits per heavy atom. The zero-order valence-electron chi connectivity index (χ0n) is 11.2. The summed E-state index contributed by atoms with van der Waals surface area (Å²) in [6.45, 7) is 1.88. The molecule has 0 radical (unpaired) electrons. The van der Waals surface area contributed by atoms with Crippen LogP contribution in [0.3, 0.4) is 0 Å². The number of nitrogens with one attached hydrogen (secondary N) is 1. The number of ether oxygens (including phenoxy) is 3.